The van der Waals surface area contributed by atoms with Crippen LogP contribution in [-0.4, -0.2) is 58.5 Å². The second-order valence-electron chi connectivity index (χ2n) is 9.83. The normalized spacial score (nSPS) is 12.0. The first-order valence-corrected chi connectivity index (χ1v) is 15.3. The number of amides is 2. The molecule has 3 aromatic rings. The maximum Gasteiger partial charge on any atom is 0.264 e. The van der Waals surface area contributed by atoms with E-state index in [0.717, 1.165) is 14.3 Å². The zero-order chi connectivity index (χ0) is 30.2. The lowest BCUT2D eigenvalue weighted by molar-refractivity contribution is -0.139. The van der Waals surface area contributed by atoms with Gasteiger partial charge < -0.3 is 19.7 Å². The standard InChI is InChI=1S/C30H36BrN3O6S/c1-21(2)18-32-30(36)22(3)33(19-23-10-9-11-24(31)16-23)29(35)20-34(41(37,38)26-12-7-6-8-13-26)25-14-15-27(39-4)28(17-25)40-5/h6-17,21-22H,18-20H2,1-5H3,(H,32,36)/t22-/m1/s1. The van der Waals surface area contributed by atoms with Crippen molar-refractivity contribution in [2.45, 2.75) is 38.3 Å². The van der Waals surface area contributed by atoms with Gasteiger partial charge in [0, 0.05) is 23.6 Å². The third-order valence-corrected chi connectivity index (χ3v) is 8.64. The number of hydrogen-bond donors (Lipinski definition) is 1. The van der Waals surface area contributed by atoms with Gasteiger partial charge in [0.25, 0.3) is 10.0 Å². The number of nitrogens with zero attached hydrogens (tertiary/aromatic N) is 2. The molecule has 9 nitrogen and oxygen atoms in total. The molecule has 41 heavy (non-hydrogen) atoms. The Bertz CT molecular complexity index is 1450. The minimum Gasteiger partial charge on any atom is -0.493 e. The van der Waals surface area contributed by atoms with Gasteiger partial charge in [-0.15, -0.1) is 0 Å². The summed E-state index contributed by atoms with van der Waals surface area (Å²) in [5, 5.41) is 2.88. The Hall–Kier alpha value is -3.57. The first kappa shape index (κ1) is 32.0. The van der Waals surface area contributed by atoms with E-state index in [2.05, 4.69) is 21.2 Å². The van der Waals surface area contributed by atoms with E-state index >= 15 is 0 Å². The van der Waals surface area contributed by atoms with Gasteiger partial charge in [-0.1, -0.05) is 60.1 Å². The van der Waals surface area contributed by atoms with E-state index in [4.69, 9.17) is 9.47 Å². The monoisotopic (exact) mass is 645 g/mol. The number of ether oxygens (including phenoxy) is 2. The molecule has 3 rings (SSSR count). The topological polar surface area (TPSA) is 105 Å². The Kier molecular flexibility index (Phi) is 11.2. The minimum absolute atomic E-state index is 0.0175. The van der Waals surface area contributed by atoms with Crippen LogP contribution in [0.4, 0.5) is 5.69 Å². The van der Waals surface area contributed by atoms with Crippen LogP contribution in [0.1, 0.15) is 26.3 Å². The second kappa shape index (κ2) is 14.4. The highest BCUT2D eigenvalue weighted by molar-refractivity contribution is 9.10. The molecule has 1 N–H and O–H groups in total. The average molecular weight is 647 g/mol. The molecule has 3 aromatic carbocycles. The van der Waals surface area contributed by atoms with Gasteiger partial charge in [-0.2, -0.15) is 0 Å². The summed E-state index contributed by atoms with van der Waals surface area (Å²) in [6, 6.07) is 19.0. The first-order valence-electron chi connectivity index (χ1n) is 13.1. The molecule has 1 atom stereocenters. The van der Waals surface area contributed by atoms with Gasteiger partial charge in [0.15, 0.2) is 11.5 Å². The van der Waals surface area contributed by atoms with Crippen LogP contribution < -0.4 is 19.1 Å². The highest BCUT2D eigenvalue weighted by atomic mass is 79.9. The van der Waals surface area contributed by atoms with Crippen molar-refractivity contribution in [3.05, 3.63) is 82.8 Å². The maximum atomic E-state index is 14.0. The number of halogens is 1. The Morgan fingerprint density at radius 2 is 1.59 bits per heavy atom. The molecule has 0 unspecified atom stereocenters. The largest absolute Gasteiger partial charge is 0.493 e. The fourth-order valence-corrected chi connectivity index (χ4v) is 5.97. The van der Waals surface area contributed by atoms with Crippen molar-refractivity contribution in [1.29, 1.82) is 0 Å². The molecule has 2 amide bonds. The number of carbonyl (C=O) groups is 2. The van der Waals surface area contributed by atoms with Crippen LogP contribution in [0.5, 0.6) is 11.5 Å². The van der Waals surface area contributed by atoms with Crippen molar-refractivity contribution < 1.29 is 27.5 Å². The summed E-state index contributed by atoms with van der Waals surface area (Å²) >= 11 is 3.45. The Morgan fingerprint density at radius 1 is 0.902 bits per heavy atom. The molecular formula is C30H36BrN3O6S. The molecule has 0 aliphatic rings. The van der Waals surface area contributed by atoms with Crippen LogP contribution >= 0.6 is 15.9 Å². The number of methoxy groups -OCH3 is 2. The Labute approximate surface area is 250 Å². The summed E-state index contributed by atoms with van der Waals surface area (Å²) in [6.45, 7) is 5.58. The van der Waals surface area contributed by atoms with Crippen molar-refractivity contribution in [2.75, 3.05) is 31.6 Å². The van der Waals surface area contributed by atoms with Crippen molar-refractivity contribution >= 4 is 43.5 Å². The van der Waals surface area contributed by atoms with Gasteiger partial charge in [0.05, 0.1) is 24.8 Å². The zero-order valence-electron chi connectivity index (χ0n) is 23.8. The number of benzene rings is 3. The van der Waals surface area contributed by atoms with Crippen LogP contribution in [0.15, 0.2) is 82.2 Å². The summed E-state index contributed by atoms with van der Waals surface area (Å²) in [6.07, 6.45) is 0. The third-order valence-electron chi connectivity index (χ3n) is 6.36. The quantitative estimate of drug-likeness (QED) is 0.285. The summed E-state index contributed by atoms with van der Waals surface area (Å²) < 4.78 is 40.4. The minimum atomic E-state index is -4.19. The molecule has 0 spiro atoms. The molecule has 0 heterocycles. The van der Waals surface area contributed by atoms with Crippen LogP contribution in [0.25, 0.3) is 0 Å². The van der Waals surface area contributed by atoms with E-state index in [1.165, 1.54) is 37.3 Å². The average Bonchev–Trinajstić information content (AvgIpc) is 2.96. The number of sulfonamides is 1. The van der Waals surface area contributed by atoms with E-state index in [1.807, 2.05) is 38.1 Å². The fraction of sp³-hybridized carbons (Fsp3) is 0.333. The van der Waals surface area contributed by atoms with Gasteiger partial charge in [-0.3, -0.25) is 13.9 Å². The van der Waals surface area contributed by atoms with Gasteiger partial charge in [0.1, 0.15) is 12.6 Å². The molecule has 0 bridgehead atoms. The third kappa shape index (κ3) is 8.23. The lowest BCUT2D eigenvalue weighted by Crippen LogP contribution is -2.51. The summed E-state index contributed by atoms with van der Waals surface area (Å²) in [4.78, 5) is 28.5. The Morgan fingerprint density at radius 3 is 2.20 bits per heavy atom. The number of carbonyl (C=O) groups excluding carboxylic acids is 2. The van der Waals surface area contributed by atoms with E-state index in [1.54, 1.807) is 37.3 Å². The van der Waals surface area contributed by atoms with Crippen LogP contribution in [0, 0.1) is 5.92 Å². The van der Waals surface area contributed by atoms with Crippen molar-refractivity contribution in [3.8, 4) is 11.5 Å². The molecular weight excluding hydrogens is 610 g/mol. The van der Waals surface area contributed by atoms with Crippen LogP contribution in [-0.2, 0) is 26.2 Å². The molecule has 220 valence electrons. The van der Waals surface area contributed by atoms with E-state index < -0.39 is 28.5 Å². The van der Waals surface area contributed by atoms with Crippen molar-refractivity contribution in [2.24, 2.45) is 5.92 Å². The predicted octanol–water partition coefficient (Wildman–Crippen LogP) is 4.85. The van der Waals surface area contributed by atoms with E-state index in [9.17, 15) is 18.0 Å². The van der Waals surface area contributed by atoms with Crippen molar-refractivity contribution in [1.82, 2.24) is 10.2 Å². The van der Waals surface area contributed by atoms with Crippen LogP contribution in [0.2, 0.25) is 0 Å². The second-order valence-corrected chi connectivity index (χ2v) is 12.6. The zero-order valence-corrected chi connectivity index (χ0v) is 26.2. The summed E-state index contributed by atoms with van der Waals surface area (Å²) in [7, 11) is -1.27. The molecule has 0 fully saturated rings. The Balaban J connectivity index is 2.06. The lowest BCUT2D eigenvalue weighted by atomic mass is 10.1. The molecule has 0 saturated carbocycles. The molecule has 0 aromatic heterocycles. The first-order chi connectivity index (χ1) is 19.5. The highest BCUT2D eigenvalue weighted by Gasteiger charge is 2.33. The molecule has 11 heteroatoms. The number of anilines is 1. The fourth-order valence-electron chi connectivity index (χ4n) is 4.10. The van der Waals surface area contributed by atoms with Crippen molar-refractivity contribution in [3.63, 3.8) is 0 Å². The number of hydrogen-bond acceptors (Lipinski definition) is 6. The number of rotatable bonds is 13. The smallest absolute Gasteiger partial charge is 0.264 e. The molecule has 0 saturated heterocycles. The molecule has 0 aliphatic heterocycles. The SMILES string of the molecule is COc1ccc(N(CC(=O)N(Cc2cccc(Br)c2)[C@H](C)C(=O)NCC(C)C)S(=O)(=O)c2ccccc2)cc1OC. The molecule has 0 radical (unpaired) electrons. The van der Waals surface area contributed by atoms with E-state index in [-0.39, 0.29) is 29.0 Å². The van der Waals surface area contributed by atoms with Crippen LogP contribution in [0.3, 0.4) is 0 Å². The van der Waals surface area contributed by atoms with Gasteiger partial charge in [-0.25, -0.2) is 8.42 Å². The van der Waals surface area contributed by atoms with E-state index in [0.29, 0.717) is 18.0 Å². The lowest BCUT2D eigenvalue weighted by Gasteiger charge is -2.32. The molecule has 0 aliphatic carbocycles. The predicted molar refractivity (Wildman–Crippen MR) is 163 cm³/mol. The summed E-state index contributed by atoms with van der Waals surface area (Å²) in [5.74, 6) is 0.0542. The maximum absolute atomic E-state index is 14.0. The highest BCUT2D eigenvalue weighted by Crippen LogP contribution is 2.34. The summed E-state index contributed by atoms with van der Waals surface area (Å²) in [5.41, 5.74) is 0.985. The van der Waals surface area contributed by atoms with Gasteiger partial charge >= 0.3 is 0 Å². The van der Waals surface area contributed by atoms with Gasteiger partial charge in [0.2, 0.25) is 11.8 Å². The van der Waals surface area contributed by atoms with Gasteiger partial charge in [-0.05, 0) is 54.8 Å². The number of nitrogens with one attached hydrogen (secondary N) is 1.